The van der Waals surface area contributed by atoms with Gasteiger partial charge in [0, 0.05) is 37.3 Å². The first-order chi connectivity index (χ1) is 14.6. The van der Waals surface area contributed by atoms with Crippen molar-refractivity contribution in [1.29, 1.82) is 0 Å². The molecule has 1 fully saturated rings. The molecule has 7 heteroatoms. The second-order valence-corrected chi connectivity index (χ2v) is 8.18. The normalized spacial score (nSPS) is 16.8. The molecule has 0 unspecified atom stereocenters. The van der Waals surface area contributed by atoms with Crippen molar-refractivity contribution < 1.29 is 14.3 Å². The standard InChI is InChI=1S/C23H29N3O4/c1-29-19-11-18(12-20(14-19)30-2)23(28)25-9-7-16(8-10-25)15-26-22(27)13-17-5-3-4-6-21(17)24-26/h11-14,16H,3-10,15H2,1-2H3. The average molecular weight is 412 g/mol. The molecule has 0 bridgehead atoms. The minimum absolute atomic E-state index is 0.00219. The van der Waals surface area contributed by atoms with Crippen LogP contribution >= 0.6 is 0 Å². The first kappa shape index (κ1) is 20.4. The van der Waals surface area contributed by atoms with E-state index in [-0.39, 0.29) is 11.5 Å². The number of carbonyl (C=O) groups excluding carboxylic acids is 1. The number of fused-ring (bicyclic) bond motifs is 1. The van der Waals surface area contributed by atoms with Gasteiger partial charge < -0.3 is 14.4 Å². The largest absolute Gasteiger partial charge is 0.497 e. The summed E-state index contributed by atoms with van der Waals surface area (Å²) in [5, 5.41) is 4.64. The molecule has 0 spiro atoms. The molecule has 2 aliphatic rings. The summed E-state index contributed by atoms with van der Waals surface area (Å²) in [5.41, 5.74) is 2.77. The number of rotatable bonds is 5. The van der Waals surface area contributed by atoms with Crippen molar-refractivity contribution in [1.82, 2.24) is 14.7 Å². The highest BCUT2D eigenvalue weighted by Gasteiger charge is 2.25. The van der Waals surface area contributed by atoms with Crippen molar-refractivity contribution in [3.05, 3.63) is 51.4 Å². The number of hydrogen-bond acceptors (Lipinski definition) is 5. The van der Waals surface area contributed by atoms with E-state index >= 15 is 0 Å². The van der Waals surface area contributed by atoms with Crippen molar-refractivity contribution >= 4 is 5.91 Å². The molecule has 0 radical (unpaired) electrons. The molecule has 0 atom stereocenters. The van der Waals surface area contributed by atoms with Crippen LogP contribution in [0.5, 0.6) is 11.5 Å². The smallest absolute Gasteiger partial charge is 0.267 e. The third-order valence-corrected chi connectivity index (χ3v) is 6.21. The molecule has 2 heterocycles. The van der Waals surface area contributed by atoms with Crippen LogP contribution in [0.25, 0.3) is 0 Å². The highest BCUT2D eigenvalue weighted by Crippen LogP contribution is 2.26. The minimum Gasteiger partial charge on any atom is -0.497 e. The lowest BCUT2D eigenvalue weighted by molar-refractivity contribution is 0.0679. The van der Waals surface area contributed by atoms with Gasteiger partial charge in [-0.05, 0) is 62.1 Å². The lowest BCUT2D eigenvalue weighted by Crippen LogP contribution is -2.40. The summed E-state index contributed by atoms with van der Waals surface area (Å²) in [6, 6.07) is 7.02. The summed E-state index contributed by atoms with van der Waals surface area (Å²) in [6.07, 6.45) is 5.94. The monoisotopic (exact) mass is 411 g/mol. The molecule has 1 aliphatic carbocycles. The Morgan fingerprint density at radius 1 is 1.03 bits per heavy atom. The summed E-state index contributed by atoms with van der Waals surface area (Å²) in [4.78, 5) is 27.3. The molecule has 0 N–H and O–H groups in total. The van der Waals surface area contributed by atoms with Crippen molar-refractivity contribution in [2.24, 2.45) is 5.92 Å². The number of aromatic nitrogens is 2. The second kappa shape index (κ2) is 8.90. The molecule has 30 heavy (non-hydrogen) atoms. The predicted molar refractivity (Wildman–Crippen MR) is 113 cm³/mol. The van der Waals surface area contributed by atoms with E-state index in [4.69, 9.17) is 9.47 Å². The number of benzene rings is 1. The number of piperidine rings is 1. The zero-order valence-corrected chi connectivity index (χ0v) is 17.7. The third kappa shape index (κ3) is 4.35. The summed E-state index contributed by atoms with van der Waals surface area (Å²) < 4.78 is 12.2. The summed E-state index contributed by atoms with van der Waals surface area (Å²) in [6.45, 7) is 1.96. The van der Waals surface area contributed by atoms with Crippen LogP contribution in [0.2, 0.25) is 0 Å². The number of hydrogen-bond donors (Lipinski definition) is 0. The first-order valence-electron chi connectivity index (χ1n) is 10.7. The lowest BCUT2D eigenvalue weighted by atomic mass is 9.95. The summed E-state index contributed by atoms with van der Waals surface area (Å²) in [7, 11) is 3.15. The van der Waals surface area contributed by atoms with Gasteiger partial charge in [0.05, 0.1) is 19.9 Å². The highest BCUT2D eigenvalue weighted by atomic mass is 16.5. The van der Waals surface area contributed by atoms with Crippen molar-refractivity contribution in [2.45, 2.75) is 45.1 Å². The van der Waals surface area contributed by atoms with Gasteiger partial charge in [-0.1, -0.05) is 0 Å². The molecule has 1 aromatic heterocycles. The van der Waals surface area contributed by atoms with Gasteiger partial charge in [-0.15, -0.1) is 0 Å². The van der Waals surface area contributed by atoms with E-state index in [2.05, 4.69) is 5.10 Å². The second-order valence-electron chi connectivity index (χ2n) is 8.18. The van der Waals surface area contributed by atoms with Crippen LogP contribution in [0, 0.1) is 5.92 Å². The molecule has 1 saturated heterocycles. The fourth-order valence-corrected chi connectivity index (χ4v) is 4.41. The van der Waals surface area contributed by atoms with Crippen molar-refractivity contribution in [3.63, 3.8) is 0 Å². The lowest BCUT2D eigenvalue weighted by Gasteiger charge is -2.32. The van der Waals surface area contributed by atoms with Crippen LogP contribution in [0.4, 0.5) is 0 Å². The van der Waals surface area contributed by atoms with E-state index < -0.39 is 0 Å². The summed E-state index contributed by atoms with van der Waals surface area (Å²) >= 11 is 0. The SMILES string of the molecule is COc1cc(OC)cc(C(=O)N2CCC(Cn3nc4c(cc3=O)CCCC4)CC2)c1. The molecule has 1 aromatic carbocycles. The Bertz CT molecular complexity index is 955. The average Bonchev–Trinajstić information content (AvgIpc) is 2.79. The van der Waals surface area contributed by atoms with Gasteiger partial charge in [-0.3, -0.25) is 9.59 Å². The van der Waals surface area contributed by atoms with Crippen LogP contribution in [0.15, 0.2) is 29.1 Å². The van der Waals surface area contributed by atoms with Crippen LogP contribution in [-0.2, 0) is 19.4 Å². The van der Waals surface area contributed by atoms with E-state index in [1.54, 1.807) is 43.2 Å². The van der Waals surface area contributed by atoms with Gasteiger partial charge in [0.25, 0.3) is 11.5 Å². The number of nitrogens with zero attached hydrogens (tertiary/aromatic N) is 3. The van der Waals surface area contributed by atoms with E-state index in [1.165, 1.54) is 0 Å². The van der Waals surface area contributed by atoms with Gasteiger partial charge in [0.15, 0.2) is 0 Å². The van der Waals surface area contributed by atoms with Gasteiger partial charge >= 0.3 is 0 Å². The number of carbonyl (C=O) groups is 1. The molecular formula is C23H29N3O4. The van der Waals surface area contributed by atoms with E-state index in [0.717, 1.165) is 49.8 Å². The van der Waals surface area contributed by atoms with Gasteiger partial charge in [-0.25, -0.2) is 4.68 Å². The molecule has 2 aromatic rings. The molecule has 1 amide bonds. The number of amides is 1. The highest BCUT2D eigenvalue weighted by molar-refractivity contribution is 5.95. The maximum Gasteiger partial charge on any atom is 0.267 e. The third-order valence-electron chi connectivity index (χ3n) is 6.21. The zero-order chi connectivity index (χ0) is 21.1. The maximum atomic E-state index is 13.0. The Labute approximate surface area is 176 Å². The first-order valence-corrected chi connectivity index (χ1v) is 10.7. The maximum absolute atomic E-state index is 13.0. The topological polar surface area (TPSA) is 73.7 Å². The van der Waals surface area contributed by atoms with Crippen LogP contribution < -0.4 is 15.0 Å². The van der Waals surface area contributed by atoms with Crippen LogP contribution in [0.1, 0.15) is 47.3 Å². The van der Waals surface area contributed by atoms with E-state index in [9.17, 15) is 9.59 Å². The van der Waals surface area contributed by atoms with Gasteiger partial charge in [-0.2, -0.15) is 5.10 Å². The molecule has 160 valence electrons. The molecule has 1 aliphatic heterocycles. The Kier molecular flexibility index (Phi) is 6.06. The minimum atomic E-state index is -0.0188. The number of ether oxygens (including phenoxy) is 2. The van der Waals surface area contributed by atoms with Gasteiger partial charge in [0.1, 0.15) is 11.5 Å². The van der Waals surface area contributed by atoms with E-state index in [0.29, 0.717) is 42.6 Å². The van der Waals surface area contributed by atoms with Crippen molar-refractivity contribution in [2.75, 3.05) is 27.3 Å². The van der Waals surface area contributed by atoms with E-state index in [1.807, 2.05) is 4.90 Å². The predicted octanol–water partition coefficient (Wildman–Crippen LogP) is 2.69. The van der Waals surface area contributed by atoms with Crippen LogP contribution in [-0.4, -0.2) is 47.9 Å². The quantitative estimate of drug-likeness (QED) is 0.756. The number of methoxy groups -OCH3 is 2. The zero-order valence-electron chi connectivity index (χ0n) is 17.7. The Hall–Kier alpha value is -2.83. The Morgan fingerprint density at radius 3 is 2.37 bits per heavy atom. The fourth-order valence-electron chi connectivity index (χ4n) is 4.41. The number of likely N-dealkylation sites (tertiary alicyclic amines) is 1. The Morgan fingerprint density at radius 2 is 1.70 bits per heavy atom. The Balaban J connectivity index is 1.40. The summed E-state index contributed by atoms with van der Waals surface area (Å²) in [5.74, 6) is 1.53. The molecule has 7 nitrogen and oxygen atoms in total. The van der Waals surface area contributed by atoms with Gasteiger partial charge in [0.2, 0.25) is 0 Å². The van der Waals surface area contributed by atoms with Crippen LogP contribution in [0.3, 0.4) is 0 Å². The molecular weight excluding hydrogens is 382 g/mol. The molecule has 4 rings (SSSR count). The molecule has 0 saturated carbocycles. The van der Waals surface area contributed by atoms with Crippen molar-refractivity contribution in [3.8, 4) is 11.5 Å². The fraction of sp³-hybridized carbons (Fsp3) is 0.522. The number of aryl methyl sites for hydroxylation is 2.